The van der Waals surface area contributed by atoms with Gasteiger partial charge in [0.1, 0.15) is 12.4 Å². The number of benzene rings is 1. The third kappa shape index (κ3) is 2.86. The molecular formula is C10H9Cl2IN2. The average Bonchev–Trinajstić information content (AvgIpc) is 2.51. The van der Waals surface area contributed by atoms with Gasteiger partial charge in [-0.05, 0) is 18.2 Å². The summed E-state index contributed by atoms with van der Waals surface area (Å²) >= 11 is 11.9. The highest BCUT2D eigenvalue weighted by Gasteiger charge is 2.08. The molecule has 0 radical (unpaired) electrons. The van der Waals surface area contributed by atoms with Gasteiger partial charge in [-0.3, -0.25) is 0 Å². The molecule has 2 nitrogen and oxygen atoms in total. The lowest BCUT2D eigenvalue weighted by Gasteiger charge is -1.98. The minimum Gasteiger partial charge on any atom is -1.00 e. The molecule has 80 valence electrons. The Kier molecular flexibility index (Phi) is 4.43. The molecule has 0 aliphatic carbocycles. The minimum atomic E-state index is 0. The highest BCUT2D eigenvalue weighted by Crippen LogP contribution is 2.23. The zero-order chi connectivity index (χ0) is 10.1. The molecular weight excluding hydrogens is 346 g/mol. The molecule has 2 rings (SSSR count). The Balaban J connectivity index is 0.00000112. The lowest BCUT2D eigenvalue weighted by atomic mass is 10.3. The Morgan fingerprint density at radius 2 is 2.00 bits per heavy atom. The van der Waals surface area contributed by atoms with Gasteiger partial charge >= 0.3 is 0 Å². The molecule has 1 heterocycles. The predicted octanol–water partition coefficient (Wildman–Crippen LogP) is -0.387. The van der Waals surface area contributed by atoms with E-state index in [9.17, 15) is 0 Å². The first kappa shape index (κ1) is 12.8. The quantitative estimate of drug-likeness (QED) is 0.487. The standard InChI is InChI=1S/C10H9Cl2N2.HI/c1-13-4-5-14(7-13)10-3-2-8(11)6-9(10)12;/h2-7H,1H3;1H/q+1;/p-1. The number of aromatic nitrogens is 2. The second-order valence-corrected chi connectivity index (χ2v) is 3.93. The summed E-state index contributed by atoms with van der Waals surface area (Å²) in [6.45, 7) is 0. The summed E-state index contributed by atoms with van der Waals surface area (Å²) in [7, 11) is 1.96. The van der Waals surface area contributed by atoms with Crippen LogP contribution in [-0.4, -0.2) is 4.57 Å². The largest absolute Gasteiger partial charge is 1.00 e. The zero-order valence-electron chi connectivity index (χ0n) is 7.99. The fourth-order valence-corrected chi connectivity index (χ4v) is 1.79. The Morgan fingerprint density at radius 3 is 2.53 bits per heavy atom. The topological polar surface area (TPSA) is 8.81 Å². The van der Waals surface area contributed by atoms with Crippen molar-refractivity contribution in [3.05, 3.63) is 47.0 Å². The molecule has 5 heteroatoms. The molecule has 0 saturated heterocycles. The van der Waals surface area contributed by atoms with Crippen LogP contribution >= 0.6 is 23.2 Å². The molecule has 0 bridgehead atoms. The minimum absolute atomic E-state index is 0. The summed E-state index contributed by atoms with van der Waals surface area (Å²) in [6, 6.07) is 5.45. The maximum Gasteiger partial charge on any atom is 0.248 e. The van der Waals surface area contributed by atoms with Crippen LogP contribution in [0.3, 0.4) is 0 Å². The number of rotatable bonds is 1. The molecule has 1 aromatic heterocycles. The fourth-order valence-electron chi connectivity index (χ4n) is 1.28. The smallest absolute Gasteiger partial charge is 0.248 e. The lowest BCUT2D eigenvalue weighted by molar-refractivity contribution is -0.670. The maximum atomic E-state index is 6.06. The molecule has 0 aliphatic rings. The Morgan fingerprint density at radius 1 is 1.27 bits per heavy atom. The van der Waals surface area contributed by atoms with Crippen molar-refractivity contribution in [3.8, 4) is 5.69 Å². The van der Waals surface area contributed by atoms with Crippen molar-refractivity contribution in [3.63, 3.8) is 0 Å². The summed E-state index contributed by atoms with van der Waals surface area (Å²) in [4.78, 5) is 0. The van der Waals surface area contributed by atoms with Gasteiger partial charge < -0.3 is 24.0 Å². The first-order chi connectivity index (χ1) is 6.66. The van der Waals surface area contributed by atoms with Gasteiger partial charge in [0.05, 0.1) is 12.1 Å². The van der Waals surface area contributed by atoms with Crippen LogP contribution in [0.1, 0.15) is 0 Å². The van der Waals surface area contributed by atoms with Gasteiger partial charge in [0.25, 0.3) is 0 Å². The third-order valence-electron chi connectivity index (χ3n) is 1.96. The normalized spacial score (nSPS) is 9.80. The Hall–Kier alpha value is -0.260. The van der Waals surface area contributed by atoms with E-state index < -0.39 is 0 Å². The summed E-state index contributed by atoms with van der Waals surface area (Å²) in [6.07, 6.45) is 5.83. The summed E-state index contributed by atoms with van der Waals surface area (Å²) in [5.74, 6) is 0. The van der Waals surface area contributed by atoms with Crippen LogP contribution in [0.2, 0.25) is 10.0 Å². The highest BCUT2D eigenvalue weighted by molar-refractivity contribution is 6.35. The fraction of sp³-hybridized carbons (Fsp3) is 0.100. The van der Waals surface area contributed by atoms with Crippen LogP contribution in [-0.2, 0) is 7.05 Å². The van der Waals surface area contributed by atoms with Crippen LogP contribution in [0, 0.1) is 0 Å². The average molecular weight is 355 g/mol. The van der Waals surface area contributed by atoms with E-state index in [1.54, 1.807) is 6.07 Å². The number of hydrogen-bond acceptors (Lipinski definition) is 0. The molecule has 0 aliphatic heterocycles. The highest BCUT2D eigenvalue weighted by atomic mass is 127. The van der Waals surface area contributed by atoms with Gasteiger partial charge in [0.2, 0.25) is 6.33 Å². The maximum absolute atomic E-state index is 6.06. The summed E-state index contributed by atoms with van der Waals surface area (Å²) in [5.41, 5.74) is 0.927. The number of halogens is 3. The molecule has 0 spiro atoms. The van der Waals surface area contributed by atoms with Crippen LogP contribution < -0.4 is 28.5 Å². The van der Waals surface area contributed by atoms with E-state index in [4.69, 9.17) is 23.2 Å². The first-order valence-electron chi connectivity index (χ1n) is 4.15. The lowest BCUT2D eigenvalue weighted by Crippen LogP contribution is -3.00. The van der Waals surface area contributed by atoms with Gasteiger partial charge in [-0.25, -0.2) is 9.13 Å². The number of hydrogen-bond donors (Lipinski definition) is 0. The van der Waals surface area contributed by atoms with Crippen LogP contribution in [0.25, 0.3) is 5.69 Å². The first-order valence-corrected chi connectivity index (χ1v) is 4.91. The van der Waals surface area contributed by atoms with E-state index in [1.807, 2.05) is 47.0 Å². The van der Waals surface area contributed by atoms with Gasteiger partial charge in [0.15, 0.2) is 5.69 Å². The molecule has 0 fully saturated rings. The molecule has 0 atom stereocenters. The summed E-state index contributed by atoms with van der Waals surface area (Å²) < 4.78 is 3.89. The molecule has 1 aromatic carbocycles. The molecule has 0 unspecified atom stereocenters. The molecule has 0 amide bonds. The second-order valence-electron chi connectivity index (χ2n) is 3.08. The molecule has 0 N–H and O–H groups in total. The number of aryl methyl sites for hydroxylation is 1. The van der Waals surface area contributed by atoms with E-state index in [0.29, 0.717) is 10.0 Å². The van der Waals surface area contributed by atoms with E-state index in [1.165, 1.54) is 0 Å². The van der Waals surface area contributed by atoms with Crippen molar-refractivity contribution in [2.45, 2.75) is 0 Å². The summed E-state index contributed by atoms with van der Waals surface area (Å²) in [5, 5.41) is 1.30. The van der Waals surface area contributed by atoms with E-state index in [0.717, 1.165) is 5.69 Å². The van der Waals surface area contributed by atoms with Crippen molar-refractivity contribution in [2.24, 2.45) is 7.05 Å². The van der Waals surface area contributed by atoms with Crippen molar-refractivity contribution in [1.82, 2.24) is 4.57 Å². The van der Waals surface area contributed by atoms with Crippen molar-refractivity contribution in [1.29, 1.82) is 0 Å². The van der Waals surface area contributed by atoms with Crippen LogP contribution in [0.5, 0.6) is 0 Å². The van der Waals surface area contributed by atoms with Gasteiger partial charge in [-0.1, -0.05) is 23.2 Å². The number of nitrogens with zero attached hydrogens (tertiary/aromatic N) is 2. The van der Waals surface area contributed by atoms with Gasteiger partial charge in [-0.15, -0.1) is 0 Å². The van der Waals surface area contributed by atoms with E-state index >= 15 is 0 Å². The zero-order valence-corrected chi connectivity index (χ0v) is 11.7. The van der Waals surface area contributed by atoms with Gasteiger partial charge in [0, 0.05) is 5.02 Å². The van der Waals surface area contributed by atoms with Crippen molar-refractivity contribution < 1.29 is 28.5 Å². The van der Waals surface area contributed by atoms with Crippen LogP contribution in [0.15, 0.2) is 36.9 Å². The molecule has 2 aromatic rings. The van der Waals surface area contributed by atoms with Crippen molar-refractivity contribution >= 4 is 23.2 Å². The number of imidazole rings is 1. The SMILES string of the molecule is C[n+]1ccn(-c2ccc(Cl)cc2Cl)c1.[I-]. The monoisotopic (exact) mass is 354 g/mol. The Labute approximate surface area is 115 Å². The predicted molar refractivity (Wildman–Crippen MR) is 57.0 cm³/mol. The molecule has 15 heavy (non-hydrogen) atoms. The van der Waals surface area contributed by atoms with Gasteiger partial charge in [-0.2, -0.15) is 0 Å². The molecule has 0 saturated carbocycles. The van der Waals surface area contributed by atoms with Crippen LogP contribution in [0.4, 0.5) is 0 Å². The Bertz CT molecular complexity index is 468. The van der Waals surface area contributed by atoms with E-state index in [2.05, 4.69) is 0 Å². The third-order valence-corrected chi connectivity index (χ3v) is 2.49. The second kappa shape index (κ2) is 5.18. The van der Waals surface area contributed by atoms with E-state index in [-0.39, 0.29) is 24.0 Å². The van der Waals surface area contributed by atoms with Crippen molar-refractivity contribution in [2.75, 3.05) is 0 Å².